The van der Waals surface area contributed by atoms with E-state index in [1.165, 1.54) is 13.0 Å². The van der Waals surface area contributed by atoms with Crippen LogP contribution < -0.4 is 10.6 Å². The summed E-state index contributed by atoms with van der Waals surface area (Å²) in [5.41, 5.74) is 0. The van der Waals surface area contributed by atoms with E-state index in [9.17, 15) is 4.79 Å². The molecule has 1 saturated heterocycles. The van der Waals surface area contributed by atoms with Crippen LogP contribution in [0, 0.1) is 5.92 Å². The second-order valence-corrected chi connectivity index (χ2v) is 5.00. The molecule has 0 bridgehead atoms. The highest BCUT2D eigenvalue weighted by atomic mass is 16.2. The Bertz CT molecular complexity index is 230. The van der Waals surface area contributed by atoms with E-state index in [1.54, 1.807) is 7.05 Å². The van der Waals surface area contributed by atoms with Crippen molar-refractivity contribution in [2.45, 2.75) is 39.3 Å². The molecule has 2 N–H and O–H groups in total. The highest BCUT2D eigenvalue weighted by molar-refractivity contribution is 5.81. The molecular weight excluding hydrogens is 202 g/mol. The summed E-state index contributed by atoms with van der Waals surface area (Å²) in [5.74, 6) is 0.723. The number of rotatable bonds is 5. The van der Waals surface area contributed by atoms with Gasteiger partial charge in [0.2, 0.25) is 5.91 Å². The highest BCUT2D eigenvalue weighted by Gasteiger charge is 2.24. The van der Waals surface area contributed by atoms with Crippen LogP contribution in [0.5, 0.6) is 0 Å². The lowest BCUT2D eigenvalue weighted by Crippen LogP contribution is -2.42. The van der Waals surface area contributed by atoms with Crippen LogP contribution in [0.1, 0.15) is 27.2 Å². The Morgan fingerprint density at radius 2 is 2.12 bits per heavy atom. The zero-order chi connectivity index (χ0) is 12.1. The zero-order valence-corrected chi connectivity index (χ0v) is 10.9. The number of carbonyl (C=O) groups excluding carboxylic acids is 1. The van der Waals surface area contributed by atoms with Gasteiger partial charge < -0.3 is 15.5 Å². The van der Waals surface area contributed by atoms with Crippen LogP contribution in [0.4, 0.5) is 0 Å². The second-order valence-electron chi connectivity index (χ2n) is 5.00. The predicted molar refractivity (Wildman–Crippen MR) is 66.3 cm³/mol. The van der Waals surface area contributed by atoms with Gasteiger partial charge in [-0.25, -0.2) is 0 Å². The van der Waals surface area contributed by atoms with E-state index in [2.05, 4.69) is 29.4 Å². The first-order valence-corrected chi connectivity index (χ1v) is 6.23. The molecule has 4 nitrogen and oxygen atoms in total. The zero-order valence-electron chi connectivity index (χ0n) is 10.9. The van der Waals surface area contributed by atoms with Crippen LogP contribution in [0.25, 0.3) is 0 Å². The minimum Gasteiger partial charge on any atom is -0.354 e. The first-order valence-electron chi connectivity index (χ1n) is 6.23. The molecule has 4 heteroatoms. The Balaban J connectivity index is 2.22. The van der Waals surface area contributed by atoms with Gasteiger partial charge in [-0.1, -0.05) is 0 Å². The van der Waals surface area contributed by atoms with Crippen molar-refractivity contribution in [1.82, 2.24) is 15.5 Å². The van der Waals surface area contributed by atoms with Crippen molar-refractivity contribution in [3.05, 3.63) is 0 Å². The Kier molecular flexibility index (Phi) is 5.22. The largest absolute Gasteiger partial charge is 0.354 e. The maximum atomic E-state index is 11.6. The summed E-state index contributed by atoms with van der Waals surface area (Å²) >= 11 is 0. The summed E-state index contributed by atoms with van der Waals surface area (Å²) in [6.07, 6.45) is 1.20. The second kappa shape index (κ2) is 6.21. The lowest BCUT2D eigenvalue weighted by molar-refractivity contribution is -0.122. The first-order chi connectivity index (χ1) is 7.54. The minimum atomic E-state index is -0.0948. The third-order valence-electron chi connectivity index (χ3n) is 3.44. The molecule has 2 atom stereocenters. The van der Waals surface area contributed by atoms with Gasteiger partial charge in [0, 0.05) is 19.1 Å². The Morgan fingerprint density at radius 1 is 1.44 bits per heavy atom. The van der Waals surface area contributed by atoms with Crippen molar-refractivity contribution in [2.75, 3.05) is 26.7 Å². The fourth-order valence-electron chi connectivity index (χ4n) is 2.03. The van der Waals surface area contributed by atoms with Crippen LogP contribution in [-0.2, 0) is 4.79 Å². The number of likely N-dealkylation sites (tertiary alicyclic amines) is 1. The molecule has 0 radical (unpaired) electrons. The molecule has 0 saturated carbocycles. The van der Waals surface area contributed by atoms with Crippen LogP contribution in [0.2, 0.25) is 0 Å². The SMILES string of the molecule is CNC(C)C(=O)NCC1CCN(C(C)C)C1. The van der Waals surface area contributed by atoms with E-state index in [0.29, 0.717) is 12.0 Å². The monoisotopic (exact) mass is 227 g/mol. The predicted octanol–water partition coefficient (Wildman–Crippen LogP) is 0.441. The maximum Gasteiger partial charge on any atom is 0.236 e. The lowest BCUT2D eigenvalue weighted by atomic mass is 10.1. The summed E-state index contributed by atoms with van der Waals surface area (Å²) in [5, 5.41) is 5.95. The molecule has 16 heavy (non-hydrogen) atoms. The number of nitrogens with zero attached hydrogens (tertiary/aromatic N) is 1. The number of nitrogens with one attached hydrogen (secondary N) is 2. The number of amides is 1. The molecule has 0 aromatic rings. The molecular formula is C12H25N3O. The van der Waals surface area contributed by atoms with Crippen LogP contribution >= 0.6 is 0 Å². The van der Waals surface area contributed by atoms with Crippen molar-refractivity contribution < 1.29 is 4.79 Å². The summed E-state index contributed by atoms with van der Waals surface area (Å²) in [6.45, 7) is 9.43. The van der Waals surface area contributed by atoms with Gasteiger partial charge in [-0.15, -0.1) is 0 Å². The van der Waals surface area contributed by atoms with Gasteiger partial charge >= 0.3 is 0 Å². The van der Waals surface area contributed by atoms with Crippen LogP contribution in [-0.4, -0.2) is 49.6 Å². The molecule has 0 aromatic heterocycles. The van der Waals surface area contributed by atoms with Gasteiger partial charge in [-0.2, -0.15) is 0 Å². The lowest BCUT2D eigenvalue weighted by Gasteiger charge is -2.20. The first kappa shape index (κ1) is 13.5. The van der Waals surface area contributed by atoms with Gasteiger partial charge in [-0.3, -0.25) is 4.79 Å². The summed E-state index contributed by atoms with van der Waals surface area (Å²) in [7, 11) is 1.81. The topological polar surface area (TPSA) is 44.4 Å². The average molecular weight is 227 g/mol. The molecule has 1 amide bonds. The number of carbonyl (C=O) groups is 1. The van der Waals surface area contributed by atoms with Crippen LogP contribution in [0.15, 0.2) is 0 Å². The summed E-state index contributed by atoms with van der Waals surface area (Å²) in [4.78, 5) is 14.0. The molecule has 1 aliphatic heterocycles. The molecule has 94 valence electrons. The van der Waals surface area contributed by atoms with Gasteiger partial charge in [-0.05, 0) is 46.7 Å². The van der Waals surface area contributed by atoms with E-state index >= 15 is 0 Å². The minimum absolute atomic E-state index is 0.0948. The molecule has 0 aromatic carbocycles. The molecule has 0 spiro atoms. The van der Waals surface area contributed by atoms with Crippen LogP contribution in [0.3, 0.4) is 0 Å². The quantitative estimate of drug-likeness (QED) is 0.716. The number of likely N-dealkylation sites (N-methyl/N-ethyl adjacent to an activating group) is 1. The molecule has 2 unspecified atom stereocenters. The normalized spacial score (nSPS) is 23.7. The third kappa shape index (κ3) is 3.76. The Morgan fingerprint density at radius 3 is 2.62 bits per heavy atom. The average Bonchev–Trinajstić information content (AvgIpc) is 2.73. The fraction of sp³-hybridized carbons (Fsp3) is 0.917. The highest BCUT2D eigenvalue weighted by Crippen LogP contribution is 2.17. The number of hydrogen-bond acceptors (Lipinski definition) is 3. The van der Waals surface area contributed by atoms with E-state index in [1.807, 2.05) is 6.92 Å². The van der Waals surface area contributed by atoms with Crippen molar-refractivity contribution >= 4 is 5.91 Å². The molecule has 1 aliphatic rings. The Labute approximate surface area is 98.8 Å². The molecule has 1 heterocycles. The van der Waals surface area contributed by atoms with Crippen molar-refractivity contribution in [3.8, 4) is 0 Å². The number of hydrogen-bond donors (Lipinski definition) is 2. The molecule has 0 aliphatic carbocycles. The summed E-state index contributed by atoms with van der Waals surface area (Å²) in [6, 6.07) is 0.527. The fourth-order valence-corrected chi connectivity index (χ4v) is 2.03. The van der Waals surface area contributed by atoms with Gasteiger partial charge in [0.05, 0.1) is 6.04 Å². The van der Waals surface area contributed by atoms with Gasteiger partial charge in [0.1, 0.15) is 0 Å². The maximum absolute atomic E-state index is 11.6. The molecule has 1 rings (SSSR count). The third-order valence-corrected chi connectivity index (χ3v) is 3.44. The molecule has 1 fully saturated rings. The van der Waals surface area contributed by atoms with E-state index < -0.39 is 0 Å². The van der Waals surface area contributed by atoms with E-state index in [-0.39, 0.29) is 11.9 Å². The smallest absolute Gasteiger partial charge is 0.236 e. The van der Waals surface area contributed by atoms with E-state index in [0.717, 1.165) is 13.1 Å². The van der Waals surface area contributed by atoms with Gasteiger partial charge in [0.25, 0.3) is 0 Å². The van der Waals surface area contributed by atoms with Gasteiger partial charge in [0.15, 0.2) is 0 Å². The Hall–Kier alpha value is -0.610. The van der Waals surface area contributed by atoms with Crippen molar-refractivity contribution in [2.24, 2.45) is 5.92 Å². The van der Waals surface area contributed by atoms with Crippen molar-refractivity contribution in [1.29, 1.82) is 0 Å². The van der Waals surface area contributed by atoms with Crippen molar-refractivity contribution in [3.63, 3.8) is 0 Å². The summed E-state index contributed by atoms with van der Waals surface area (Å²) < 4.78 is 0. The van der Waals surface area contributed by atoms with E-state index in [4.69, 9.17) is 0 Å². The standard InChI is InChI=1S/C12H25N3O/c1-9(2)15-6-5-11(8-15)7-14-12(16)10(3)13-4/h9-11,13H,5-8H2,1-4H3,(H,14,16).